The summed E-state index contributed by atoms with van der Waals surface area (Å²) in [7, 11) is 0. The van der Waals surface area contributed by atoms with Crippen molar-refractivity contribution in [3.8, 4) is 0 Å². The maximum absolute atomic E-state index is 12.6. The summed E-state index contributed by atoms with van der Waals surface area (Å²) in [5.74, 6) is -0.758. The van der Waals surface area contributed by atoms with E-state index in [-0.39, 0.29) is 55.3 Å². The second kappa shape index (κ2) is 14.6. The first-order chi connectivity index (χ1) is 17.7. The van der Waals surface area contributed by atoms with Crippen molar-refractivity contribution in [2.75, 3.05) is 0 Å². The van der Waals surface area contributed by atoms with Crippen LogP contribution in [0, 0.1) is 23.7 Å². The van der Waals surface area contributed by atoms with E-state index in [1.54, 1.807) is 13.0 Å². The molecule has 1 saturated heterocycles. The number of carbonyl (C=O) groups excluding carboxylic acids is 2. The average molecular weight is 539 g/mol. The lowest BCUT2D eigenvalue weighted by Crippen LogP contribution is -2.42. The molecule has 0 aliphatic carbocycles. The Bertz CT molecular complexity index is 821. The summed E-state index contributed by atoms with van der Waals surface area (Å²) in [6, 6.07) is 0. The number of ether oxygens (including phenoxy) is 3. The van der Waals surface area contributed by atoms with Crippen molar-refractivity contribution in [1.29, 1.82) is 0 Å². The van der Waals surface area contributed by atoms with Crippen molar-refractivity contribution in [3.63, 3.8) is 0 Å². The van der Waals surface area contributed by atoms with E-state index in [4.69, 9.17) is 14.2 Å². The van der Waals surface area contributed by atoms with E-state index in [2.05, 4.69) is 19.1 Å². The predicted octanol–water partition coefficient (Wildman–Crippen LogP) is 4.10. The van der Waals surface area contributed by atoms with Gasteiger partial charge in [0.05, 0.1) is 30.8 Å². The number of hydrogen-bond acceptors (Lipinski definition) is 8. The molecule has 0 aromatic heterocycles. The number of allylic oxidation sites excluding steroid dienone is 2. The van der Waals surface area contributed by atoms with Crippen LogP contribution in [-0.2, 0) is 23.8 Å². The first-order valence-corrected chi connectivity index (χ1v) is 14.2. The van der Waals surface area contributed by atoms with Gasteiger partial charge < -0.3 is 29.5 Å². The van der Waals surface area contributed by atoms with Gasteiger partial charge in [-0.2, -0.15) is 0 Å². The number of aliphatic hydroxyl groups is 3. The molecular weight excluding hydrogens is 488 g/mol. The largest absolute Gasteiger partial charge is 0.461 e. The molecule has 2 rings (SSSR count). The van der Waals surface area contributed by atoms with E-state index >= 15 is 0 Å². The van der Waals surface area contributed by atoms with Crippen molar-refractivity contribution in [3.05, 3.63) is 24.3 Å². The lowest BCUT2D eigenvalue weighted by atomic mass is 9.86. The highest BCUT2D eigenvalue weighted by Crippen LogP contribution is 2.36. The maximum atomic E-state index is 12.6. The molecule has 38 heavy (non-hydrogen) atoms. The number of hydrogen-bond donors (Lipinski definition) is 3. The van der Waals surface area contributed by atoms with Crippen molar-refractivity contribution in [2.45, 2.75) is 129 Å². The molecule has 2 aliphatic heterocycles. The first kappa shape index (κ1) is 32.5. The van der Waals surface area contributed by atoms with Gasteiger partial charge >= 0.3 is 11.9 Å². The Labute approximate surface area is 228 Å². The van der Waals surface area contributed by atoms with Crippen LogP contribution >= 0.6 is 0 Å². The minimum absolute atomic E-state index is 0.0144. The molecule has 0 saturated carbocycles. The van der Waals surface area contributed by atoms with Crippen molar-refractivity contribution < 1.29 is 39.1 Å². The number of rotatable bonds is 10. The van der Waals surface area contributed by atoms with Crippen LogP contribution in [0.3, 0.4) is 0 Å². The lowest BCUT2D eigenvalue weighted by molar-refractivity contribution is -0.158. The summed E-state index contributed by atoms with van der Waals surface area (Å²) < 4.78 is 17.0. The smallest absolute Gasteiger partial charge is 0.308 e. The molecule has 2 heterocycles. The van der Waals surface area contributed by atoms with Gasteiger partial charge in [-0.05, 0) is 56.9 Å². The number of aliphatic hydroxyl groups excluding tert-OH is 2. The fourth-order valence-electron chi connectivity index (χ4n) is 5.28. The van der Waals surface area contributed by atoms with Crippen LogP contribution < -0.4 is 0 Å². The molecule has 0 spiro atoms. The molecule has 0 bridgehead atoms. The molecule has 218 valence electrons. The normalized spacial score (nSPS) is 35.9. The van der Waals surface area contributed by atoms with Gasteiger partial charge in [0, 0.05) is 18.8 Å². The number of carbonyl (C=O) groups is 2. The van der Waals surface area contributed by atoms with E-state index in [1.165, 1.54) is 6.92 Å². The minimum atomic E-state index is -1.39. The van der Waals surface area contributed by atoms with Crippen molar-refractivity contribution in [2.24, 2.45) is 23.7 Å². The van der Waals surface area contributed by atoms with E-state index < -0.39 is 35.9 Å². The molecule has 11 atom stereocenters. The topological polar surface area (TPSA) is 126 Å². The Kier molecular flexibility index (Phi) is 12.5. The molecule has 2 aliphatic rings. The molecule has 3 N–H and O–H groups in total. The van der Waals surface area contributed by atoms with Gasteiger partial charge in [0.15, 0.2) is 0 Å². The zero-order valence-electron chi connectivity index (χ0n) is 24.2. The number of esters is 2. The summed E-state index contributed by atoms with van der Waals surface area (Å²) in [4.78, 5) is 24.3. The number of cyclic esters (lactones) is 1. The van der Waals surface area contributed by atoms with Crippen molar-refractivity contribution >= 4 is 11.9 Å². The van der Waals surface area contributed by atoms with Crippen LogP contribution in [0.15, 0.2) is 24.3 Å². The third kappa shape index (κ3) is 10.1. The van der Waals surface area contributed by atoms with Gasteiger partial charge in [-0.3, -0.25) is 9.59 Å². The second-order valence-electron chi connectivity index (χ2n) is 11.8. The molecule has 8 heteroatoms. The molecule has 0 aromatic carbocycles. The van der Waals surface area contributed by atoms with Crippen LogP contribution in [0.5, 0.6) is 0 Å². The Morgan fingerprint density at radius 1 is 1.26 bits per heavy atom. The molecule has 8 nitrogen and oxygen atoms in total. The van der Waals surface area contributed by atoms with Crippen LogP contribution in [0.4, 0.5) is 0 Å². The van der Waals surface area contributed by atoms with Gasteiger partial charge in [0.25, 0.3) is 0 Å². The highest BCUT2D eigenvalue weighted by Gasteiger charge is 2.45. The van der Waals surface area contributed by atoms with Gasteiger partial charge in [-0.1, -0.05) is 52.8 Å². The molecule has 1 fully saturated rings. The highest BCUT2D eigenvalue weighted by atomic mass is 16.6. The van der Waals surface area contributed by atoms with Crippen LogP contribution in [0.25, 0.3) is 0 Å². The molecule has 0 radical (unpaired) electrons. The van der Waals surface area contributed by atoms with E-state index in [0.717, 1.165) is 12.8 Å². The summed E-state index contributed by atoms with van der Waals surface area (Å²) in [5.41, 5.74) is -1.39. The summed E-state index contributed by atoms with van der Waals surface area (Å²) in [5, 5.41) is 31.4. The third-order valence-electron chi connectivity index (χ3n) is 7.97. The van der Waals surface area contributed by atoms with E-state index in [9.17, 15) is 24.9 Å². The van der Waals surface area contributed by atoms with Gasteiger partial charge in [0.2, 0.25) is 0 Å². The first-order valence-electron chi connectivity index (χ1n) is 14.2. The van der Waals surface area contributed by atoms with E-state index in [1.807, 2.05) is 33.8 Å². The maximum Gasteiger partial charge on any atom is 0.308 e. The quantitative estimate of drug-likeness (QED) is 0.216. The Morgan fingerprint density at radius 3 is 2.58 bits per heavy atom. The zero-order valence-corrected chi connectivity index (χ0v) is 24.2. The highest BCUT2D eigenvalue weighted by molar-refractivity contribution is 5.70. The summed E-state index contributed by atoms with van der Waals surface area (Å²) >= 11 is 0. The summed E-state index contributed by atoms with van der Waals surface area (Å²) in [6.07, 6.45) is 7.90. The SMILES string of the molecule is CCC(O)C(C)C1OC1CC(C)C=CCC(C)C1OC(=O)CC(O)CCC(C)(O)C(OC(C)=O)C=CC1C. The Balaban J connectivity index is 2.04. The average Bonchev–Trinajstić information content (AvgIpc) is 3.60. The van der Waals surface area contributed by atoms with Crippen molar-refractivity contribution in [1.82, 2.24) is 0 Å². The molecule has 11 unspecified atom stereocenters. The fraction of sp³-hybridized carbons (Fsp3) is 0.800. The van der Waals surface area contributed by atoms with Gasteiger partial charge in [-0.15, -0.1) is 0 Å². The summed E-state index contributed by atoms with van der Waals surface area (Å²) in [6.45, 7) is 13.0. The third-order valence-corrected chi connectivity index (χ3v) is 7.97. The van der Waals surface area contributed by atoms with Crippen LogP contribution in [0.2, 0.25) is 0 Å². The van der Waals surface area contributed by atoms with Gasteiger partial charge in [-0.25, -0.2) is 0 Å². The Morgan fingerprint density at radius 2 is 1.95 bits per heavy atom. The standard InChI is InChI=1S/C30H50O8/c1-8-24(33)21(5)29-25(37-29)16-18(2)10-9-11-19(3)28-20(4)12-13-26(36-22(6)31)30(7,35)15-14-23(32)17-27(34)38-28/h9-10,12-13,18-21,23-26,28-29,32-33,35H,8,11,14-17H2,1-7H3. The number of epoxide rings is 1. The van der Waals surface area contributed by atoms with Crippen LogP contribution in [0.1, 0.15) is 87.0 Å². The zero-order chi connectivity index (χ0) is 28.6. The second-order valence-corrected chi connectivity index (χ2v) is 11.8. The monoisotopic (exact) mass is 538 g/mol. The van der Waals surface area contributed by atoms with Gasteiger partial charge in [0.1, 0.15) is 17.8 Å². The van der Waals surface area contributed by atoms with Crippen LogP contribution in [-0.4, -0.2) is 69.5 Å². The molecular formula is C30H50O8. The van der Waals surface area contributed by atoms with E-state index in [0.29, 0.717) is 12.3 Å². The fourth-order valence-corrected chi connectivity index (χ4v) is 5.28. The Hall–Kier alpha value is -1.74. The molecule has 0 amide bonds. The minimum Gasteiger partial charge on any atom is -0.461 e. The predicted molar refractivity (Wildman–Crippen MR) is 145 cm³/mol. The molecule has 0 aromatic rings. The lowest BCUT2D eigenvalue weighted by Gasteiger charge is -2.33.